The lowest BCUT2D eigenvalue weighted by Crippen LogP contribution is -2.43. The molecule has 53 heavy (non-hydrogen) atoms. The third-order valence-corrected chi connectivity index (χ3v) is 13.8. The van der Waals surface area contributed by atoms with Crippen molar-refractivity contribution >= 4 is 34.6 Å². The van der Waals surface area contributed by atoms with Crippen LogP contribution in [0.2, 0.25) is 0 Å². The molecule has 2 saturated heterocycles. The van der Waals surface area contributed by atoms with E-state index in [4.69, 9.17) is 4.74 Å². The van der Waals surface area contributed by atoms with E-state index in [9.17, 15) is 14.4 Å². The van der Waals surface area contributed by atoms with Crippen LogP contribution in [0.25, 0.3) is 0 Å². The van der Waals surface area contributed by atoms with Crippen molar-refractivity contribution in [1.29, 1.82) is 0 Å². The number of piperidine rings is 2. The number of carbonyl (C=O) groups is 2. The van der Waals surface area contributed by atoms with Crippen molar-refractivity contribution in [2.24, 2.45) is 0 Å². The molecule has 12 heteroatoms. The van der Waals surface area contributed by atoms with E-state index >= 15 is 0 Å². The summed E-state index contributed by atoms with van der Waals surface area (Å²) in [6.45, 7) is 17.0. The summed E-state index contributed by atoms with van der Waals surface area (Å²) in [6, 6.07) is 4.07. The number of pyridine rings is 1. The van der Waals surface area contributed by atoms with E-state index in [1.165, 1.54) is 42.5 Å². The van der Waals surface area contributed by atoms with E-state index in [0.29, 0.717) is 29.7 Å². The summed E-state index contributed by atoms with van der Waals surface area (Å²) in [5, 5.41) is 6.88. The second-order valence-corrected chi connectivity index (χ2v) is 17.0. The van der Waals surface area contributed by atoms with Crippen LogP contribution in [0.5, 0.6) is 0 Å². The number of methoxy groups -OCH3 is 1. The first-order chi connectivity index (χ1) is 25.2. The molecule has 5 heterocycles. The van der Waals surface area contributed by atoms with Gasteiger partial charge in [0.2, 0.25) is 0 Å². The van der Waals surface area contributed by atoms with Crippen molar-refractivity contribution in [3.8, 4) is 0 Å². The monoisotopic (exact) mass is 768 g/mol. The Bertz CT molecular complexity index is 1710. The summed E-state index contributed by atoms with van der Waals surface area (Å²) in [5.74, 6) is -0.332. The molecule has 0 aliphatic carbocycles. The molecule has 5 rings (SSSR count). The first-order valence-corrected chi connectivity index (χ1v) is 21.0. The summed E-state index contributed by atoms with van der Waals surface area (Å²) in [4.78, 5) is 52.2. The topological polar surface area (TPSA) is 101 Å². The number of likely N-dealkylation sites (tertiary alicyclic amines) is 2. The number of H-pyrrole nitrogens is 1. The third kappa shape index (κ3) is 10.5. The first kappa shape index (κ1) is 42.9. The first-order valence-electron chi connectivity index (χ1n) is 19.2. The van der Waals surface area contributed by atoms with Gasteiger partial charge in [-0.1, -0.05) is 13.8 Å². The standard InChI is InChI=1S/C24H36N4O2S.C17H28N2O2S/c1-7-21(28-10-8-18(9-11-28)27(5)6)22-17(4)20(14-31-22)23(29)25-13-19-15(2)12-16(3)26-24(19)30;1-6-15(19-9-7-13(8-10-19)18(3)4)16-12(2)14(11-22-16)17(20)21-5/h12,14,18,21H,7-11,13H2,1-6H3,(H,25,29)(H,26,30);11,13,15H,6-10H2,1-5H3/t21-;15-/m11/s1. The smallest absolute Gasteiger partial charge is 0.338 e. The van der Waals surface area contributed by atoms with E-state index in [-0.39, 0.29) is 24.0 Å². The predicted octanol–water partition coefficient (Wildman–Crippen LogP) is 7.09. The van der Waals surface area contributed by atoms with Gasteiger partial charge < -0.3 is 24.8 Å². The van der Waals surface area contributed by atoms with Gasteiger partial charge in [0.25, 0.3) is 11.5 Å². The highest BCUT2D eigenvalue weighted by Gasteiger charge is 2.30. The fraction of sp³-hybridized carbons (Fsp3) is 0.634. The van der Waals surface area contributed by atoms with Crippen LogP contribution in [0.4, 0.5) is 0 Å². The number of nitrogens with one attached hydrogen (secondary N) is 2. The molecule has 3 aromatic heterocycles. The van der Waals surface area contributed by atoms with Gasteiger partial charge in [-0.25, -0.2) is 4.79 Å². The number of esters is 1. The van der Waals surface area contributed by atoms with Crippen LogP contribution < -0.4 is 10.9 Å². The third-order valence-electron chi connectivity index (χ3n) is 11.4. The Morgan fingerprint density at radius 1 is 0.830 bits per heavy atom. The van der Waals surface area contributed by atoms with Crippen LogP contribution in [0.3, 0.4) is 0 Å². The lowest BCUT2D eigenvalue weighted by Gasteiger charge is -2.39. The minimum Gasteiger partial charge on any atom is -0.465 e. The van der Waals surface area contributed by atoms with Crippen LogP contribution in [0, 0.1) is 27.7 Å². The van der Waals surface area contributed by atoms with Crippen LogP contribution in [-0.2, 0) is 11.3 Å². The molecule has 0 aromatic carbocycles. The molecule has 2 aliphatic rings. The minimum absolute atomic E-state index is 0.111. The van der Waals surface area contributed by atoms with Crippen molar-refractivity contribution in [3.63, 3.8) is 0 Å². The number of aryl methyl sites for hydroxylation is 2. The van der Waals surface area contributed by atoms with Crippen molar-refractivity contribution in [2.75, 3.05) is 61.5 Å². The maximum atomic E-state index is 12.9. The second-order valence-electron chi connectivity index (χ2n) is 15.2. The summed E-state index contributed by atoms with van der Waals surface area (Å²) in [5.41, 5.74) is 5.83. The highest BCUT2D eigenvalue weighted by Crippen LogP contribution is 2.37. The lowest BCUT2D eigenvalue weighted by molar-refractivity contribution is 0.0600. The molecule has 0 saturated carbocycles. The highest BCUT2D eigenvalue weighted by molar-refractivity contribution is 7.10. The Kier molecular flexibility index (Phi) is 15.9. The highest BCUT2D eigenvalue weighted by atomic mass is 32.1. The molecule has 3 aromatic rings. The zero-order chi connectivity index (χ0) is 39.0. The number of hydrogen-bond acceptors (Lipinski definition) is 10. The zero-order valence-corrected chi connectivity index (χ0v) is 35.7. The summed E-state index contributed by atoms with van der Waals surface area (Å²) >= 11 is 3.39. The Hall–Kier alpha value is -2.87. The van der Waals surface area contributed by atoms with Gasteiger partial charge in [0.05, 0.1) is 18.2 Å². The van der Waals surface area contributed by atoms with E-state index < -0.39 is 0 Å². The van der Waals surface area contributed by atoms with Gasteiger partial charge in [0.15, 0.2) is 0 Å². The molecule has 1 amide bonds. The quantitative estimate of drug-likeness (QED) is 0.189. The SMILES string of the molecule is CC[C@H](c1scc(C(=O)NCc2c(C)cc(C)[nH]c2=O)c1C)N1CCC(N(C)C)CC1.CC[C@H](c1scc(C(=O)OC)c1C)N1CCC(N(C)C)CC1. The Balaban J connectivity index is 0.000000251. The van der Waals surface area contributed by atoms with Crippen molar-refractivity contribution in [2.45, 2.75) is 111 Å². The number of nitrogens with zero attached hydrogens (tertiary/aromatic N) is 4. The van der Waals surface area contributed by atoms with Gasteiger partial charge in [-0.3, -0.25) is 19.4 Å². The molecule has 0 spiro atoms. The van der Waals surface area contributed by atoms with Crippen LogP contribution in [0.15, 0.2) is 21.6 Å². The normalized spacial score (nSPS) is 17.5. The van der Waals surface area contributed by atoms with Gasteiger partial charge in [0.1, 0.15) is 0 Å². The number of amides is 1. The van der Waals surface area contributed by atoms with Gasteiger partial charge in [-0.2, -0.15) is 0 Å². The Morgan fingerprint density at radius 3 is 1.70 bits per heavy atom. The summed E-state index contributed by atoms with van der Waals surface area (Å²) in [6.07, 6.45) is 6.93. The number of thiophene rings is 2. The largest absolute Gasteiger partial charge is 0.465 e. The van der Waals surface area contributed by atoms with Gasteiger partial charge in [0, 0.05) is 88.7 Å². The molecule has 2 fully saturated rings. The molecule has 2 aliphatic heterocycles. The fourth-order valence-corrected chi connectivity index (χ4v) is 10.6. The minimum atomic E-state index is -0.221. The van der Waals surface area contributed by atoms with E-state index in [1.807, 2.05) is 37.6 Å². The number of carbonyl (C=O) groups excluding carboxylic acids is 2. The summed E-state index contributed by atoms with van der Waals surface area (Å²) < 4.78 is 4.88. The average Bonchev–Trinajstić information content (AvgIpc) is 3.70. The van der Waals surface area contributed by atoms with E-state index in [2.05, 4.69) is 78.9 Å². The molecule has 0 radical (unpaired) electrons. The second kappa shape index (κ2) is 19.6. The van der Waals surface area contributed by atoms with Gasteiger partial charge >= 0.3 is 5.97 Å². The number of hydrogen-bond donors (Lipinski definition) is 2. The van der Waals surface area contributed by atoms with Crippen LogP contribution in [-0.4, -0.2) is 110 Å². The molecular weight excluding hydrogens is 705 g/mol. The molecule has 0 unspecified atom stereocenters. The van der Waals surface area contributed by atoms with Crippen molar-refractivity contribution < 1.29 is 14.3 Å². The van der Waals surface area contributed by atoms with Gasteiger partial charge in [-0.05, 0) is 117 Å². The number of aromatic nitrogens is 1. The fourth-order valence-electron chi connectivity index (χ4n) is 8.07. The number of rotatable bonds is 12. The Morgan fingerprint density at radius 2 is 1.28 bits per heavy atom. The number of ether oxygens (including phenoxy) is 1. The Labute approximate surface area is 325 Å². The van der Waals surface area contributed by atoms with Crippen molar-refractivity contribution in [1.82, 2.24) is 29.9 Å². The van der Waals surface area contributed by atoms with E-state index in [0.717, 1.165) is 72.5 Å². The maximum absolute atomic E-state index is 12.9. The lowest BCUT2D eigenvalue weighted by atomic mass is 9.98. The molecule has 0 bridgehead atoms. The van der Waals surface area contributed by atoms with Crippen molar-refractivity contribution in [3.05, 3.63) is 76.0 Å². The molecule has 2 N–H and O–H groups in total. The molecular formula is C41H64N6O4S2. The summed E-state index contributed by atoms with van der Waals surface area (Å²) in [7, 11) is 10.1. The van der Waals surface area contributed by atoms with E-state index in [1.54, 1.807) is 22.7 Å². The molecule has 294 valence electrons. The zero-order valence-electron chi connectivity index (χ0n) is 34.1. The predicted molar refractivity (Wildman–Crippen MR) is 220 cm³/mol. The molecule has 2 atom stereocenters. The number of aromatic amines is 1. The maximum Gasteiger partial charge on any atom is 0.338 e. The van der Waals surface area contributed by atoms with Gasteiger partial charge in [-0.15, -0.1) is 22.7 Å². The molecule has 10 nitrogen and oxygen atoms in total. The van der Waals surface area contributed by atoms with Crippen LogP contribution in [0.1, 0.15) is 123 Å². The average molecular weight is 769 g/mol. The van der Waals surface area contributed by atoms with Crippen LogP contribution >= 0.6 is 22.7 Å².